The van der Waals surface area contributed by atoms with Gasteiger partial charge in [0.15, 0.2) is 0 Å². The van der Waals surface area contributed by atoms with Crippen LogP contribution >= 0.6 is 11.8 Å². The molecule has 1 atom stereocenters. The molecule has 20 heavy (non-hydrogen) atoms. The summed E-state index contributed by atoms with van der Waals surface area (Å²) in [6.45, 7) is 2.81. The Morgan fingerprint density at radius 1 is 1.45 bits per heavy atom. The topological polar surface area (TPSA) is 58.6 Å². The van der Waals surface area contributed by atoms with Crippen LogP contribution < -0.4 is 10.2 Å². The van der Waals surface area contributed by atoms with Crippen LogP contribution in [0.4, 0.5) is 5.69 Å². The van der Waals surface area contributed by atoms with Gasteiger partial charge < -0.3 is 15.0 Å². The molecule has 1 heterocycles. The maximum atomic E-state index is 12.3. The zero-order valence-electron chi connectivity index (χ0n) is 11.6. The Bertz CT molecular complexity index is 507. The minimum Gasteiger partial charge on any atom is -0.383 e. The van der Waals surface area contributed by atoms with E-state index in [1.807, 2.05) is 31.2 Å². The number of amides is 2. The highest BCUT2D eigenvalue weighted by Crippen LogP contribution is 2.38. The molecule has 1 aliphatic rings. The summed E-state index contributed by atoms with van der Waals surface area (Å²) < 4.78 is 4.88. The Morgan fingerprint density at radius 2 is 2.20 bits per heavy atom. The van der Waals surface area contributed by atoms with Gasteiger partial charge in [-0.3, -0.25) is 9.59 Å². The molecule has 0 spiro atoms. The highest BCUT2D eigenvalue weighted by Gasteiger charge is 2.31. The van der Waals surface area contributed by atoms with Gasteiger partial charge in [-0.2, -0.15) is 0 Å². The monoisotopic (exact) mass is 294 g/mol. The number of fused-ring (bicyclic) bond motifs is 1. The summed E-state index contributed by atoms with van der Waals surface area (Å²) in [7, 11) is 1.58. The van der Waals surface area contributed by atoms with Crippen molar-refractivity contribution in [1.29, 1.82) is 0 Å². The average molecular weight is 294 g/mol. The van der Waals surface area contributed by atoms with Crippen molar-refractivity contribution in [3.63, 3.8) is 0 Å². The normalized spacial score (nSPS) is 17.8. The van der Waals surface area contributed by atoms with E-state index in [0.717, 1.165) is 10.6 Å². The fraction of sp³-hybridized carbons (Fsp3) is 0.429. The number of hydrogen-bond donors (Lipinski definition) is 1. The molecule has 1 aliphatic heterocycles. The van der Waals surface area contributed by atoms with Gasteiger partial charge in [0.25, 0.3) is 0 Å². The molecular weight excluding hydrogens is 276 g/mol. The molecular formula is C14H18N2O3S. The highest BCUT2D eigenvalue weighted by molar-refractivity contribution is 8.00. The van der Waals surface area contributed by atoms with Crippen molar-refractivity contribution in [1.82, 2.24) is 5.32 Å². The third-order valence-corrected chi connectivity index (χ3v) is 4.16. The number of carbonyl (C=O) groups excluding carboxylic acids is 2. The lowest BCUT2D eigenvalue weighted by atomic mass is 10.2. The number of nitrogens with zero attached hydrogens (tertiary/aromatic N) is 1. The van der Waals surface area contributed by atoms with E-state index in [1.54, 1.807) is 12.0 Å². The van der Waals surface area contributed by atoms with Crippen molar-refractivity contribution in [2.24, 2.45) is 0 Å². The SMILES string of the molecule is COCCNC(=O)CN1C(=O)[C@H](C)Sc2ccccc21. The second-order valence-electron chi connectivity index (χ2n) is 4.49. The summed E-state index contributed by atoms with van der Waals surface area (Å²) in [5, 5.41) is 2.56. The van der Waals surface area contributed by atoms with Crippen molar-refractivity contribution < 1.29 is 14.3 Å². The maximum Gasteiger partial charge on any atom is 0.240 e. The van der Waals surface area contributed by atoms with Gasteiger partial charge in [0.2, 0.25) is 11.8 Å². The number of carbonyl (C=O) groups is 2. The summed E-state index contributed by atoms with van der Waals surface area (Å²) >= 11 is 1.53. The molecule has 0 saturated carbocycles. The molecule has 0 bridgehead atoms. The van der Waals surface area contributed by atoms with Gasteiger partial charge in [-0.25, -0.2) is 0 Å². The van der Waals surface area contributed by atoms with Gasteiger partial charge in [-0.1, -0.05) is 12.1 Å². The fourth-order valence-corrected chi connectivity index (χ4v) is 3.08. The number of anilines is 1. The summed E-state index contributed by atoms with van der Waals surface area (Å²) in [4.78, 5) is 26.7. The molecule has 0 fully saturated rings. The number of ether oxygens (including phenoxy) is 1. The van der Waals surface area contributed by atoms with E-state index < -0.39 is 0 Å². The predicted octanol–water partition coefficient (Wildman–Crippen LogP) is 1.28. The lowest BCUT2D eigenvalue weighted by Gasteiger charge is -2.31. The van der Waals surface area contributed by atoms with Crippen LogP contribution in [0.25, 0.3) is 0 Å². The van der Waals surface area contributed by atoms with E-state index in [2.05, 4.69) is 5.32 Å². The molecule has 2 amide bonds. The first-order valence-electron chi connectivity index (χ1n) is 6.46. The zero-order valence-corrected chi connectivity index (χ0v) is 12.4. The van der Waals surface area contributed by atoms with Crippen molar-refractivity contribution in [2.75, 3.05) is 31.7 Å². The van der Waals surface area contributed by atoms with E-state index >= 15 is 0 Å². The Labute approximate surface area is 122 Å². The number of thioether (sulfide) groups is 1. The smallest absolute Gasteiger partial charge is 0.240 e. The lowest BCUT2D eigenvalue weighted by Crippen LogP contribution is -2.46. The second-order valence-corrected chi connectivity index (χ2v) is 5.88. The number of para-hydroxylation sites is 1. The predicted molar refractivity (Wildman–Crippen MR) is 79.0 cm³/mol. The van der Waals surface area contributed by atoms with Crippen LogP contribution in [-0.2, 0) is 14.3 Å². The molecule has 2 rings (SSSR count). The van der Waals surface area contributed by atoms with Crippen molar-refractivity contribution in [2.45, 2.75) is 17.1 Å². The summed E-state index contributed by atoms with van der Waals surface area (Å²) in [5.74, 6) is -0.208. The minimum atomic E-state index is -0.177. The Kier molecular flexibility index (Phi) is 5.03. The van der Waals surface area contributed by atoms with Crippen molar-refractivity contribution in [3.8, 4) is 0 Å². The van der Waals surface area contributed by atoms with E-state index in [9.17, 15) is 9.59 Å². The van der Waals surface area contributed by atoms with E-state index in [1.165, 1.54) is 11.8 Å². The number of nitrogens with one attached hydrogen (secondary N) is 1. The molecule has 0 unspecified atom stereocenters. The van der Waals surface area contributed by atoms with Crippen LogP contribution in [0, 0.1) is 0 Å². The van der Waals surface area contributed by atoms with Crippen LogP contribution in [0.5, 0.6) is 0 Å². The molecule has 6 heteroatoms. The first-order chi connectivity index (χ1) is 9.63. The molecule has 108 valence electrons. The number of methoxy groups -OCH3 is 1. The van der Waals surface area contributed by atoms with Crippen molar-refractivity contribution >= 4 is 29.3 Å². The molecule has 0 saturated heterocycles. The Balaban J connectivity index is 2.09. The standard InChI is InChI=1S/C14H18N2O3S/c1-10-14(18)16(9-13(17)15-7-8-19-2)11-5-3-4-6-12(11)20-10/h3-6,10H,7-9H2,1-2H3,(H,15,17)/t10-/m0/s1. The third kappa shape index (κ3) is 3.32. The molecule has 0 radical (unpaired) electrons. The van der Waals surface area contributed by atoms with Gasteiger partial charge in [-0.05, 0) is 19.1 Å². The van der Waals surface area contributed by atoms with Crippen LogP contribution in [0.1, 0.15) is 6.92 Å². The molecule has 1 N–H and O–H groups in total. The van der Waals surface area contributed by atoms with Crippen LogP contribution in [0.2, 0.25) is 0 Å². The molecule has 0 aliphatic carbocycles. The quantitative estimate of drug-likeness (QED) is 0.831. The Morgan fingerprint density at radius 3 is 2.95 bits per heavy atom. The number of hydrogen-bond acceptors (Lipinski definition) is 4. The van der Waals surface area contributed by atoms with Crippen LogP contribution in [-0.4, -0.2) is 43.9 Å². The fourth-order valence-electron chi connectivity index (χ4n) is 2.01. The molecule has 0 aromatic heterocycles. The second kappa shape index (κ2) is 6.76. The molecule has 1 aromatic carbocycles. The van der Waals surface area contributed by atoms with Gasteiger partial charge in [0.05, 0.1) is 17.5 Å². The summed E-state index contributed by atoms with van der Waals surface area (Å²) in [6, 6.07) is 7.65. The summed E-state index contributed by atoms with van der Waals surface area (Å²) in [5.41, 5.74) is 0.808. The van der Waals surface area contributed by atoms with Crippen LogP contribution in [0.15, 0.2) is 29.2 Å². The number of benzene rings is 1. The first kappa shape index (κ1) is 14.9. The van der Waals surface area contributed by atoms with Gasteiger partial charge in [0.1, 0.15) is 6.54 Å². The highest BCUT2D eigenvalue weighted by atomic mass is 32.2. The lowest BCUT2D eigenvalue weighted by molar-refractivity contribution is -0.123. The maximum absolute atomic E-state index is 12.3. The van der Waals surface area contributed by atoms with Crippen molar-refractivity contribution in [3.05, 3.63) is 24.3 Å². The van der Waals surface area contributed by atoms with E-state index in [-0.39, 0.29) is 23.6 Å². The third-order valence-electron chi connectivity index (χ3n) is 3.00. The minimum absolute atomic E-state index is 0.0319. The zero-order chi connectivity index (χ0) is 14.5. The summed E-state index contributed by atoms with van der Waals surface area (Å²) in [6.07, 6.45) is 0. The van der Waals surface area contributed by atoms with Gasteiger partial charge in [-0.15, -0.1) is 11.8 Å². The van der Waals surface area contributed by atoms with Crippen LogP contribution in [0.3, 0.4) is 0 Å². The Hall–Kier alpha value is -1.53. The first-order valence-corrected chi connectivity index (χ1v) is 7.34. The van der Waals surface area contributed by atoms with Gasteiger partial charge >= 0.3 is 0 Å². The van der Waals surface area contributed by atoms with Gasteiger partial charge in [0, 0.05) is 18.6 Å². The number of rotatable bonds is 5. The molecule has 1 aromatic rings. The average Bonchev–Trinajstić information content (AvgIpc) is 2.44. The molecule has 5 nitrogen and oxygen atoms in total. The van der Waals surface area contributed by atoms with E-state index in [0.29, 0.717) is 13.2 Å². The van der Waals surface area contributed by atoms with E-state index in [4.69, 9.17) is 4.74 Å². The largest absolute Gasteiger partial charge is 0.383 e.